The van der Waals surface area contributed by atoms with Crippen LogP contribution in [-0.2, 0) is 4.79 Å². The first-order valence-corrected chi connectivity index (χ1v) is 6.99. The molecule has 0 aliphatic heterocycles. The first-order valence-electron chi connectivity index (χ1n) is 5.23. The Morgan fingerprint density at radius 3 is 2.84 bits per heavy atom. The summed E-state index contributed by atoms with van der Waals surface area (Å²) in [5.74, 6) is -1.52. The minimum atomic E-state index is -1.09. The minimum Gasteiger partial charge on any atom is -0.480 e. The molecule has 1 amide bonds. The van der Waals surface area contributed by atoms with Gasteiger partial charge in [-0.3, -0.25) is 14.4 Å². The highest BCUT2D eigenvalue weighted by Gasteiger charge is 2.13. The van der Waals surface area contributed by atoms with Gasteiger partial charge >= 0.3 is 5.97 Å². The van der Waals surface area contributed by atoms with E-state index in [1.165, 1.54) is 22.7 Å². The fourth-order valence-electron chi connectivity index (χ4n) is 1.46. The fourth-order valence-corrected chi connectivity index (χ4v) is 3.21. The van der Waals surface area contributed by atoms with Crippen LogP contribution in [0.2, 0.25) is 0 Å². The van der Waals surface area contributed by atoms with Crippen molar-refractivity contribution < 1.29 is 19.5 Å². The number of hydrogen-bond donors (Lipinski definition) is 2. The smallest absolute Gasteiger partial charge is 0.322 e. The SMILES string of the molecule is O=Cc1ccsc1-c1csc(C(=O)NCC(=O)O)c1. The summed E-state index contributed by atoms with van der Waals surface area (Å²) in [6.07, 6.45) is 0.772. The molecule has 2 aromatic heterocycles. The van der Waals surface area contributed by atoms with E-state index in [9.17, 15) is 14.4 Å². The van der Waals surface area contributed by atoms with Gasteiger partial charge in [0.2, 0.25) is 0 Å². The predicted molar refractivity (Wildman–Crippen MR) is 73.0 cm³/mol. The number of nitrogens with one attached hydrogen (secondary N) is 1. The quantitative estimate of drug-likeness (QED) is 0.827. The van der Waals surface area contributed by atoms with Crippen LogP contribution in [0.5, 0.6) is 0 Å². The van der Waals surface area contributed by atoms with Gasteiger partial charge in [-0.15, -0.1) is 22.7 Å². The lowest BCUT2D eigenvalue weighted by Crippen LogP contribution is -2.28. The third-order valence-corrected chi connectivity index (χ3v) is 4.22. The second kappa shape index (κ2) is 5.77. The molecule has 2 rings (SSSR count). The number of carboxylic acid groups (broad SMARTS) is 1. The largest absolute Gasteiger partial charge is 0.480 e. The molecule has 2 N–H and O–H groups in total. The van der Waals surface area contributed by atoms with Crippen molar-refractivity contribution >= 4 is 40.8 Å². The minimum absolute atomic E-state index is 0.412. The number of aldehydes is 1. The van der Waals surface area contributed by atoms with Gasteiger partial charge in [0.15, 0.2) is 6.29 Å². The molecule has 2 aromatic rings. The van der Waals surface area contributed by atoms with Crippen LogP contribution >= 0.6 is 22.7 Å². The van der Waals surface area contributed by atoms with Crippen LogP contribution < -0.4 is 5.32 Å². The van der Waals surface area contributed by atoms with Crippen molar-refractivity contribution in [3.63, 3.8) is 0 Å². The van der Waals surface area contributed by atoms with E-state index < -0.39 is 18.4 Å². The van der Waals surface area contributed by atoms with Crippen LogP contribution in [0.1, 0.15) is 20.0 Å². The molecule has 2 heterocycles. The van der Waals surface area contributed by atoms with Crippen LogP contribution in [0.15, 0.2) is 22.9 Å². The average molecular weight is 295 g/mol. The third-order valence-electron chi connectivity index (χ3n) is 2.31. The molecule has 0 aromatic carbocycles. The first-order chi connectivity index (χ1) is 9.11. The molecule has 0 saturated heterocycles. The molecule has 0 bridgehead atoms. The third kappa shape index (κ3) is 3.07. The molecule has 0 unspecified atom stereocenters. The maximum atomic E-state index is 11.7. The summed E-state index contributed by atoms with van der Waals surface area (Å²) in [6, 6.07) is 3.37. The molecule has 98 valence electrons. The number of thiophene rings is 2. The summed E-state index contributed by atoms with van der Waals surface area (Å²) in [4.78, 5) is 34.1. The molecule has 19 heavy (non-hydrogen) atoms. The van der Waals surface area contributed by atoms with E-state index in [1.807, 2.05) is 0 Å². The molecule has 0 aliphatic rings. The topological polar surface area (TPSA) is 83.5 Å². The van der Waals surface area contributed by atoms with Crippen molar-refractivity contribution in [3.05, 3.63) is 33.3 Å². The first kappa shape index (κ1) is 13.4. The van der Waals surface area contributed by atoms with Crippen molar-refractivity contribution in [1.29, 1.82) is 0 Å². The highest BCUT2D eigenvalue weighted by Crippen LogP contribution is 2.32. The Morgan fingerprint density at radius 2 is 2.16 bits per heavy atom. The molecule has 0 spiro atoms. The van der Waals surface area contributed by atoms with Crippen LogP contribution in [0.3, 0.4) is 0 Å². The van der Waals surface area contributed by atoms with E-state index >= 15 is 0 Å². The van der Waals surface area contributed by atoms with E-state index in [4.69, 9.17) is 5.11 Å². The fraction of sp³-hybridized carbons (Fsp3) is 0.0833. The molecular formula is C12H9NO4S2. The second-order valence-electron chi connectivity index (χ2n) is 3.60. The Kier molecular flexibility index (Phi) is 4.08. The number of carbonyl (C=O) groups excluding carboxylic acids is 2. The Hall–Kier alpha value is -1.99. The molecule has 0 saturated carbocycles. The zero-order chi connectivity index (χ0) is 13.8. The number of aliphatic carboxylic acids is 1. The van der Waals surface area contributed by atoms with Gasteiger partial charge in [-0.1, -0.05) is 0 Å². The van der Waals surface area contributed by atoms with Crippen molar-refractivity contribution in [2.24, 2.45) is 0 Å². The standard InChI is InChI=1S/C12H9NO4S2/c14-5-7-1-2-18-11(7)8-3-9(19-6-8)12(17)13-4-10(15)16/h1-3,5-6H,4H2,(H,13,17)(H,15,16). The van der Waals surface area contributed by atoms with Gasteiger partial charge in [0.25, 0.3) is 5.91 Å². The van der Waals surface area contributed by atoms with E-state index in [1.54, 1.807) is 22.9 Å². The number of amides is 1. The molecule has 0 aliphatic carbocycles. The zero-order valence-electron chi connectivity index (χ0n) is 9.58. The van der Waals surface area contributed by atoms with Crippen LogP contribution in [0, 0.1) is 0 Å². The highest BCUT2D eigenvalue weighted by atomic mass is 32.1. The van der Waals surface area contributed by atoms with Crippen LogP contribution in [0.4, 0.5) is 0 Å². The lowest BCUT2D eigenvalue weighted by Gasteiger charge is -1.98. The molecule has 0 fully saturated rings. The summed E-state index contributed by atoms with van der Waals surface area (Å²) >= 11 is 2.63. The van der Waals surface area contributed by atoms with E-state index in [0.29, 0.717) is 10.4 Å². The van der Waals surface area contributed by atoms with E-state index in [2.05, 4.69) is 5.32 Å². The maximum Gasteiger partial charge on any atom is 0.322 e. The second-order valence-corrected chi connectivity index (χ2v) is 5.43. The predicted octanol–water partition coefficient (Wildman–Crippen LogP) is 2.10. The van der Waals surface area contributed by atoms with Gasteiger partial charge in [0.1, 0.15) is 6.54 Å². The lowest BCUT2D eigenvalue weighted by atomic mass is 10.2. The Labute approximate surface area is 116 Å². The van der Waals surface area contributed by atoms with Gasteiger partial charge in [-0.25, -0.2) is 0 Å². The number of hydrogen-bond acceptors (Lipinski definition) is 5. The van der Waals surface area contributed by atoms with Crippen LogP contribution in [-0.4, -0.2) is 29.8 Å². The number of carbonyl (C=O) groups is 3. The Morgan fingerprint density at radius 1 is 1.37 bits per heavy atom. The van der Waals surface area contributed by atoms with Gasteiger partial charge in [-0.2, -0.15) is 0 Å². The van der Waals surface area contributed by atoms with Crippen molar-refractivity contribution in [2.75, 3.05) is 6.54 Å². The van der Waals surface area contributed by atoms with Gasteiger partial charge in [-0.05, 0) is 17.5 Å². The van der Waals surface area contributed by atoms with E-state index in [-0.39, 0.29) is 0 Å². The summed E-state index contributed by atoms with van der Waals surface area (Å²) in [6.45, 7) is -0.412. The van der Waals surface area contributed by atoms with Crippen molar-refractivity contribution in [2.45, 2.75) is 0 Å². The molecule has 0 radical (unpaired) electrons. The average Bonchev–Trinajstić information content (AvgIpc) is 3.03. The lowest BCUT2D eigenvalue weighted by molar-refractivity contribution is -0.135. The number of carboxylic acids is 1. The summed E-state index contributed by atoms with van der Waals surface area (Å²) < 4.78 is 0. The zero-order valence-corrected chi connectivity index (χ0v) is 11.2. The molecule has 7 heteroatoms. The summed E-state index contributed by atoms with van der Waals surface area (Å²) in [7, 11) is 0. The van der Waals surface area contributed by atoms with Crippen molar-refractivity contribution in [1.82, 2.24) is 5.32 Å². The van der Waals surface area contributed by atoms with Gasteiger partial charge < -0.3 is 10.4 Å². The van der Waals surface area contributed by atoms with Gasteiger partial charge in [0, 0.05) is 21.4 Å². The molecule has 5 nitrogen and oxygen atoms in total. The Bertz CT molecular complexity index is 629. The van der Waals surface area contributed by atoms with Crippen molar-refractivity contribution in [3.8, 4) is 10.4 Å². The van der Waals surface area contributed by atoms with Crippen LogP contribution in [0.25, 0.3) is 10.4 Å². The number of rotatable bonds is 5. The summed E-state index contributed by atoms with van der Waals surface area (Å²) in [5, 5.41) is 14.4. The van der Waals surface area contributed by atoms with Gasteiger partial charge in [0.05, 0.1) is 4.88 Å². The normalized spacial score (nSPS) is 10.1. The monoisotopic (exact) mass is 295 g/mol. The highest BCUT2D eigenvalue weighted by molar-refractivity contribution is 7.15. The summed E-state index contributed by atoms with van der Waals surface area (Å²) in [5.41, 5.74) is 1.38. The molecular weight excluding hydrogens is 286 g/mol. The maximum absolute atomic E-state index is 11.7. The van der Waals surface area contributed by atoms with E-state index in [0.717, 1.165) is 16.7 Å². The Balaban J connectivity index is 2.17. The molecule has 0 atom stereocenters.